The Morgan fingerprint density at radius 3 is 2.78 bits per heavy atom. The molecular weight excluding hydrogens is 418 g/mol. The van der Waals surface area contributed by atoms with Gasteiger partial charge in [-0.25, -0.2) is 0 Å². The van der Waals surface area contributed by atoms with E-state index in [1.54, 1.807) is 22.8 Å². The molecule has 1 aliphatic carbocycles. The van der Waals surface area contributed by atoms with Crippen molar-refractivity contribution in [1.29, 1.82) is 0 Å². The van der Waals surface area contributed by atoms with Gasteiger partial charge in [-0.2, -0.15) is 0 Å². The lowest BCUT2D eigenvalue weighted by Gasteiger charge is -2.29. The van der Waals surface area contributed by atoms with E-state index in [-0.39, 0.29) is 17.5 Å². The Bertz CT molecular complexity index is 1340. The van der Waals surface area contributed by atoms with Crippen LogP contribution >= 0.6 is 12.2 Å². The van der Waals surface area contributed by atoms with Gasteiger partial charge in [0.05, 0.1) is 10.9 Å². The predicted octanol–water partition coefficient (Wildman–Crippen LogP) is 5.17. The van der Waals surface area contributed by atoms with E-state index < -0.39 is 0 Å². The molecule has 0 saturated heterocycles. The summed E-state index contributed by atoms with van der Waals surface area (Å²) in [5.74, 6) is 0.280. The molecular formula is C26H27N3O2S. The van der Waals surface area contributed by atoms with Crippen molar-refractivity contribution < 1.29 is 4.79 Å². The smallest absolute Gasteiger partial charge is 0.262 e. The Labute approximate surface area is 192 Å². The summed E-state index contributed by atoms with van der Waals surface area (Å²) < 4.78 is 2.10. The molecule has 0 spiro atoms. The van der Waals surface area contributed by atoms with Crippen LogP contribution in [0.25, 0.3) is 10.9 Å². The fourth-order valence-electron chi connectivity index (χ4n) is 5.02. The Kier molecular flexibility index (Phi) is 5.55. The fraction of sp³-hybridized carbons (Fsp3) is 0.346. The molecule has 2 aromatic carbocycles. The SMILES string of the molecule is CC(C1C=CCCC1)n1c(=S)[nH]c2cc(C(=O)N3CCc4ccccc4C3)ccc2c1=O. The minimum absolute atomic E-state index is 0.0121. The predicted molar refractivity (Wildman–Crippen MR) is 129 cm³/mol. The zero-order chi connectivity index (χ0) is 22.2. The van der Waals surface area contributed by atoms with Crippen LogP contribution in [0.5, 0.6) is 0 Å². The quantitative estimate of drug-likeness (QED) is 0.447. The van der Waals surface area contributed by atoms with Crippen molar-refractivity contribution in [2.24, 2.45) is 5.92 Å². The van der Waals surface area contributed by atoms with E-state index in [0.717, 1.165) is 25.7 Å². The molecule has 1 aliphatic heterocycles. The number of allylic oxidation sites excluding steroid dienone is 2. The number of carbonyl (C=O) groups excluding carboxylic acids is 1. The molecule has 2 atom stereocenters. The second-order valence-electron chi connectivity index (χ2n) is 8.87. The summed E-state index contributed by atoms with van der Waals surface area (Å²) in [6.07, 6.45) is 8.55. The molecule has 1 N–H and O–H groups in total. The second-order valence-corrected chi connectivity index (χ2v) is 9.26. The molecule has 0 bridgehead atoms. The maximum atomic E-state index is 13.3. The first-order chi connectivity index (χ1) is 15.5. The third-order valence-electron chi connectivity index (χ3n) is 6.91. The van der Waals surface area contributed by atoms with E-state index in [1.165, 1.54) is 11.1 Å². The summed E-state index contributed by atoms with van der Waals surface area (Å²) in [5.41, 5.74) is 3.59. The first-order valence-electron chi connectivity index (χ1n) is 11.3. The molecule has 3 aromatic rings. The Morgan fingerprint density at radius 2 is 2.00 bits per heavy atom. The molecule has 2 unspecified atom stereocenters. The van der Waals surface area contributed by atoms with Crippen molar-refractivity contribution in [2.75, 3.05) is 6.54 Å². The lowest BCUT2D eigenvalue weighted by Crippen LogP contribution is -2.36. The topological polar surface area (TPSA) is 58.1 Å². The number of aromatic nitrogens is 2. The van der Waals surface area contributed by atoms with Gasteiger partial charge < -0.3 is 9.88 Å². The third kappa shape index (κ3) is 3.73. The van der Waals surface area contributed by atoms with E-state index in [9.17, 15) is 9.59 Å². The molecule has 2 heterocycles. The van der Waals surface area contributed by atoms with Gasteiger partial charge in [-0.1, -0.05) is 36.4 Å². The monoisotopic (exact) mass is 445 g/mol. The highest BCUT2D eigenvalue weighted by Crippen LogP contribution is 2.28. The zero-order valence-corrected chi connectivity index (χ0v) is 19.0. The number of rotatable bonds is 3. The maximum Gasteiger partial charge on any atom is 0.262 e. The van der Waals surface area contributed by atoms with Crippen LogP contribution < -0.4 is 5.56 Å². The lowest BCUT2D eigenvalue weighted by atomic mass is 9.90. The van der Waals surface area contributed by atoms with Crippen molar-refractivity contribution in [2.45, 2.75) is 45.2 Å². The van der Waals surface area contributed by atoms with Gasteiger partial charge in [-0.3, -0.25) is 14.2 Å². The number of H-pyrrole nitrogens is 1. The van der Waals surface area contributed by atoms with Crippen molar-refractivity contribution in [1.82, 2.24) is 14.5 Å². The van der Waals surface area contributed by atoms with Crippen LogP contribution in [0.3, 0.4) is 0 Å². The molecule has 32 heavy (non-hydrogen) atoms. The Hall–Kier alpha value is -2.99. The van der Waals surface area contributed by atoms with Gasteiger partial charge in [-0.05, 0) is 80.1 Å². The summed E-state index contributed by atoms with van der Waals surface area (Å²) in [4.78, 5) is 31.6. The molecule has 0 fully saturated rings. The number of hydrogen-bond acceptors (Lipinski definition) is 3. The molecule has 0 saturated carbocycles. The fourth-order valence-corrected chi connectivity index (χ4v) is 5.38. The Balaban J connectivity index is 1.47. The summed E-state index contributed by atoms with van der Waals surface area (Å²) in [5, 5.41) is 0.561. The largest absolute Gasteiger partial charge is 0.334 e. The number of nitrogens with one attached hydrogen (secondary N) is 1. The molecule has 6 heteroatoms. The first-order valence-corrected chi connectivity index (χ1v) is 11.7. The van der Waals surface area contributed by atoms with Crippen LogP contribution in [0.2, 0.25) is 0 Å². The summed E-state index contributed by atoms with van der Waals surface area (Å²) in [6.45, 7) is 3.36. The third-order valence-corrected chi connectivity index (χ3v) is 7.21. The summed E-state index contributed by atoms with van der Waals surface area (Å²) in [7, 11) is 0. The van der Waals surface area contributed by atoms with Crippen molar-refractivity contribution >= 4 is 29.0 Å². The lowest BCUT2D eigenvalue weighted by molar-refractivity contribution is 0.0735. The minimum atomic E-state index is -0.0962. The average molecular weight is 446 g/mol. The van der Waals surface area contributed by atoms with Crippen LogP contribution in [0.4, 0.5) is 0 Å². The highest BCUT2D eigenvalue weighted by atomic mass is 32.1. The van der Waals surface area contributed by atoms with Gasteiger partial charge in [0.2, 0.25) is 0 Å². The number of amides is 1. The molecule has 1 aromatic heterocycles. The standard InChI is InChI=1S/C26H27N3O2S/c1-17(18-7-3-2-4-8-18)29-25(31)22-12-11-20(15-23(22)27-26(29)32)24(30)28-14-13-19-9-5-6-10-21(19)16-28/h3,5-7,9-12,15,17-18H,2,4,8,13-14,16H2,1H3,(H,27,32). The van der Waals surface area contributed by atoms with Crippen LogP contribution in [0.1, 0.15) is 53.7 Å². The van der Waals surface area contributed by atoms with Crippen molar-refractivity contribution in [3.05, 3.63) is 86.4 Å². The first kappa shape index (κ1) is 20.9. The van der Waals surface area contributed by atoms with Gasteiger partial charge in [0.15, 0.2) is 4.77 Å². The molecule has 0 radical (unpaired) electrons. The Morgan fingerprint density at radius 1 is 1.19 bits per heavy atom. The number of fused-ring (bicyclic) bond motifs is 2. The van der Waals surface area contributed by atoms with Crippen LogP contribution in [-0.2, 0) is 13.0 Å². The second kappa shape index (κ2) is 8.51. The average Bonchev–Trinajstić information content (AvgIpc) is 2.83. The summed E-state index contributed by atoms with van der Waals surface area (Å²) >= 11 is 5.58. The molecule has 164 valence electrons. The highest BCUT2D eigenvalue weighted by molar-refractivity contribution is 7.71. The number of aromatic amines is 1. The normalized spacial score (nSPS) is 19.0. The highest BCUT2D eigenvalue weighted by Gasteiger charge is 2.24. The van der Waals surface area contributed by atoms with Gasteiger partial charge in [0.25, 0.3) is 11.5 Å². The van der Waals surface area contributed by atoms with Gasteiger partial charge in [0, 0.05) is 24.7 Å². The van der Waals surface area contributed by atoms with E-state index in [2.05, 4.69) is 36.2 Å². The van der Waals surface area contributed by atoms with Crippen LogP contribution in [0, 0.1) is 10.7 Å². The van der Waals surface area contributed by atoms with Crippen LogP contribution in [-0.4, -0.2) is 26.9 Å². The van der Waals surface area contributed by atoms with E-state index in [4.69, 9.17) is 12.2 Å². The van der Waals surface area contributed by atoms with Gasteiger partial charge >= 0.3 is 0 Å². The molecule has 5 nitrogen and oxygen atoms in total. The van der Waals surface area contributed by atoms with E-state index >= 15 is 0 Å². The minimum Gasteiger partial charge on any atom is -0.334 e. The molecule has 1 amide bonds. The van der Waals surface area contributed by atoms with Gasteiger partial charge in [0.1, 0.15) is 0 Å². The molecule has 5 rings (SSSR count). The van der Waals surface area contributed by atoms with Crippen molar-refractivity contribution in [3.63, 3.8) is 0 Å². The van der Waals surface area contributed by atoms with E-state index in [0.29, 0.717) is 40.2 Å². The number of hydrogen-bond donors (Lipinski definition) is 1. The number of nitrogens with zero attached hydrogens (tertiary/aromatic N) is 2. The van der Waals surface area contributed by atoms with Crippen LogP contribution in [0.15, 0.2) is 59.4 Å². The zero-order valence-electron chi connectivity index (χ0n) is 18.2. The number of benzene rings is 2. The van der Waals surface area contributed by atoms with E-state index in [1.807, 2.05) is 17.0 Å². The van der Waals surface area contributed by atoms with Crippen molar-refractivity contribution in [3.8, 4) is 0 Å². The van der Waals surface area contributed by atoms with Gasteiger partial charge in [-0.15, -0.1) is 0 Å². The maximum absolute atomic E-state index is 13.3. The summed E-state index contributed by atoms with van der Waals surface area (Å²) in [6, 6.07) is 13.5. The molecule has 2 aliphatic rings. The number of carbonyl (C=O) groups is 1.